The van der Waals surface area contributed by atoms with E-state index < -0.39 is 0 Å². The van der Waals surface area contributed by atoms with Crippen LogP contribution >= 0.6 is 0 Å². The molecule has 0 aromatic heterocycles. The predicted molar refractivity (Wildman–Crippen MR) is 114 cm³/mol. The van der Waals surface area contributed by atoms with Gasteiger partial charge in [0.15, 0.2) is 0 Å². The van der Waals surface area contributed by atoms with Gasteiger partial charge in [-0.3, -0.25) is 0 Å². The molecule has 4 rings (SSSR count). The zero-order valence-corrected chi connectivity index (χ0v) is 18.8. The van der Waals surface area contributed by atoms with Gasteiger partial charge in [-0.2, -0.15) is 0 Å². The fourth-order valence-corrected chi connectivity index (χ4v) is 8.54. The lowest BCUT2D eigenvalue weighted by Crippen LogP contribution is -2.54. The molecule has 6 atom stereocenters. The number of allylic oxidation sites excluding steroid dienone is 3. The highest BCUT2D eigenvalue weighted by Gasteiger charge is 2.62. The highest BCUT2D eigenvalue weighted by molar-refractivity contribution is 5.38. The fraction of sp³-hybridized carbons (Fsp3) is 0.846. The molecular formula is C26H42O. The van der Waals surface area contributed by atoms with Gasteiger partial charge in [0.05, 0.1) is 6.10 Å². The Morgan fingerprint density at radius 3 is 2.33 bits per heavy atom. The minimum atomic E-state index is -0.131. The van der Waals surface area contributed by atoms with Crippen LogP contribution in [-0.2, 0) is 0 Å². The van der Waals surface area contributed by atoms with Crippen molar-refractivity contribution in [2.75, 3.05) is 0 Å². The first kappa shape index (κ1) is 19.7. The molecule has 0 saturated heterocycles. The van der Waals surface area contributed by atoms with Crippen LogP contribution < -0.4 is 0 Å². The molecule has 0 amide bonds. The summed E-state index contributed by atoms with van der Waals surface area (Å²) in [5.41, 5.74) is 6.23. The number of hydrogen-bond acceptors (Lipinski definition) is 1. The molecule has 0 radical (unpaired) electrons. The number of fused-ring (bicyclic) bond motifs is 4. The number of hydrogen-bond donors (Lipinski definition) is 1. The lowest BCUT2D eigenvalue weighted by molar-refractivity contribution is -0.0956. The summed E-state index contributed by atoms with van der Waals surface area (Å²) in [6, 6.07) is 0. The molecule has 0 bridgehead atoms. The van der Waals surface area contributed by atoms with Crippen LogP contribution in [0.3, 0.4) is 0 Å². The summed E-state index contributed by atoms with van der Waals surface area (Å²) in [5.74, 6) is 1.44. The zero-order valence-electron chi connectivity index (χ0n) is 18.8. The maximum absolute atomic E-state index is 10.7. The third kappa shape index (κ3) is 2.46. The molecule has 2 fully saturated rings. The third-order valence-electron chi connectivity index (χ3n) is 10.5. The van der Waals surface area contributed by atoms with Gasteiger partial charge in [-0.05, 0) is 98.2 Å². The van der Waals surface area contributed by atoms with Crippen LogP contribution in [0.5, 0.6) is 0 Å². The number of aliphatic hydroxyl groups is 1. The van der Waals surface area contributed by atoms with Crippen molar-refractivity contribution in [1.82, 2.24) is 0 Å². The van der Waals surface area contributed by atoms with E-state index in [4.69, 9.17) is 0 Å². The van der Waals surface area contributed by atoms with E-state index in [1.807, 2.05) is 11.1 Å². The van der Waals surface area contributed by atoms with Crippen LogP contribution in [0.25, 0.3) is 0 Å². The minimum absolute atomic E-state index is 0.0470. The molecule has 0 aromatic carbocycles. The average Bonchev–Trinajstić information content (AvgIpc) is 2.83. The molecule has 1 nitrogen and oxygen atoms in total. The van der Waals surface area contributed by atoms with Crippen molar-refractivity contribution in [1.29, 1.82) is 0 Å². The van der Waals surface area contributed by atoms with Gasteiger partial charge in [0.1, 0.15) is 0 Å². The SMILES string of the molecule is C=C(C)CC1CC[C@@]2(C)C3=C(CC[C@]12C)[C@@]1(C)CCC(O)C(C)(C)C1CC3. The largest absolute Gasteiger partial charge is 0.393 e. The van der Waals surface area contributed by atoms with Crippen molar-refractivity contribution in [3.63, 3.8) is 0 Å². The topological polar surface area (TPSA) is 20.2 Å². The second-order valence-electron chi connectivity index (χ2n) is 12.0. The molecule has 2 saturated carbocycles. The Labute approximate surface area is 167 Å². The number of aliphatic hydroxyl groups excluding tert-OH is 1. The van der Waals surface area contributed by atoms with Crippen molar-refractivity contribution in [3.8, 4) is 0 Å². The van der Waals surface area contributed by atoms with Gasteiger partial charge in [-0.25, -0.2) is 0 Å². The van der Waals surface area contributed by atoms with Crippen molar-refractivity contribution < 1.29 is 5.11 Å². The van der Waals surface area contributed by atoms with Crippen LogP contribution in [-0.4, -0.2) is 11.2 Å². The highest BCUT2D eigenvalue weighted by Crippen LogP contribution is 2.72. The summed E-state index contributed by atoms with van der Waals surface area (Å²) in [7, 11) is 0. The first-order valence-corrected chi connectivity index (χ1v) is 11.5. The summed E-state index contributed by atoms with van der Waals surface area (Å²) in [6.45, 7) is 18.9. The molecule has 3 unspecified atom stereocenters. The third-order valence-corrected chi connectivity index (χ3v) is 10.5. The molecule has 0 aromatic rings. The quantitative estimate of drug-likeness (QED) is 0.516. The molecule has 4 aliphatic rings. The van der Waals surface area contributed by atoms with Crippen LogP contribution in [0.2, 0.25) is 0 Å². The van der Waals surface area contributed by atoms with E-state index in [0.717, 1.165) is 12.3 Å². The zero-order chi connectivity index (χ0) is 19.8. The highest BCUT2D eigenvalue weighted by atomic mass is 16.3. The Kier molecular flexibility index (Phi) is 4.37. The first-order chi connectivity index (χ1) is 12.5. The minimum Gasteiger partial charge on any atom is -0.393 e. The van der Waals surface area contributed by atoms with Crippen LogP contribution in [0.4, 0.5) is 0 Å². The molecule has 0 heterocycles. The molecule has 27 heavy (non-hydrogen) atoms. The summed E-state index contributed by atoms with van der Waals surface area (Å²) in [6.07, 6.45) is 11.2. The lowest BCUT2D eigenvalue weighted by atomic mass is 9.43. The first-order valence-electron chi connectivity index (χ1n) is 11.5. The normalized spacial score (nSPS) is 48.6. The monoisotopic (exact) mass is 370 g/mol. The van der Waals surface area contributed by atoms with Crippen LogP contribution in [0.15, 0.2) is 23.3 Å². The van der Waals surface area contributed by atoms with E-state index in [2.05, 4.69) is 48.1 Å². The van der Waals surface area contributed by atoms with Gasteiger partial charge in [-0.1, -0.05) is 51.3 Å². The van der Waals surface area contributed by atoms with E-state index in [1.54, 1.807) is 0 Å². The fourth-order valence-electron chi connectivity index (χ4n) is 8.54. The van der Waals surface area contributed by atoms with Gasteiger partial charge >= 0.3 is 0 Å². The second-order valence-corrected chi connectivity index (χ2v) is 12.0. The molecular weight excluding hydrogens is 328 g/mol. The predicted octanol–water partition coefficient (Wildman–Crippen LogP) is 7.06. The Hall–Kier alpha value is -0.560. The lowest BCUT2D eigenvalue weighted by Gasteiger charge is -2.62. The van der Waals surface area contributed by atoms with Crippen molar-refractivity contribution in [2.24, 2.45) is 33.5 Å². The van der Waals surface area contributed by atoms with Gasteiger partial charge in [0.2, 0.25) is 0 Å². The van der Waals surface area contributed by atoms with E-state index in [0.29, 0.717) is 22.2 Å². The molecule has 1 N–H and O–H groups in total. The van der Waals surface area contributed by atoms with Gasteiger partial charge in [-0.15, -0.1) is 6.58 Å². The van der Waals surface area contributed by atoms with Gasteiger partial charge < -0.3 is 5.11 Å². The smallest absolute Gasteiger partial charge is 0.0594 e. The Bertz CT molecular complexity index is 684. The van der Waals surface area contributed by atoms with E-state index in [1.165, 1.54) is 56.9 Å². The van der Waals surface area contributed by atoms with Gasteiger partial charge in [0.25, 0.3) is 0 Å². The Morgan fingerprint density at radius 1 is 0.963 bits per heavy atom. The standard InChI is InChI=1S/C26H42O/c1-17(2)16-18-10-14-26(7)20-8-9-21-23(3,4)22(27)12-13-24(21,5)19(20)11-15-25(18,26)6/h18,21-22,27H,1,8-16H2,2-7H3/t18?,21?,22?,24-,25-,26+/m1/s1. The van der Waals surface area contributed by atoms with E-state index in [9.17, 15) is 5.11 Å². The van der Waals surface area contributed by atoms with Crippen LogP contribution in [0.1, 0.15) is 99.3 Å². The van der Waals surface area contributed by atoms with Crippen molar-refractivity contribution >= 4 is 0 Å². The van der Waals surface area contributed by atoms with Crippen LogP contribution in [0, 0.1) is 33.5 Å². The van der Waals surface area contributed by atoms with Crippen molar-refractivity contribution in [3.05, 3.63) is 23.3 Å². The summed E-state index contributed by atoms with van der Waals surface area (Å²) in [4.78, 5) is 0. The summed E-state index contributed by atoms with van der Waals surface area (Å²) in [5, 5.41) is 10.7. The summed E-state index contributed by atoms with van der Waals surface area (Å²) >= 11 is 0. The maximum Gasteiger partial charge on any atom is 0.0594 e. The second kappa shape index (κ2) is 5.97. The Balaban J connectivity index is 1.76. The van der Waals surface area contributed by atoms with E-state index in [-0.39, 0.29) is 11.5 Å². The molecule has 4 aliphatic carbocycles. The van der Waals surface area contributed by atoms with Gasteiger partial charge in [0, 0.05) is 0 Å². The molecule has 0 spiro atoms. The average molecular weight is 371 g/mol. The van der Waals surface area contributed by atoms with Crippen molar-refractivity contribution in [2.45, 2.75) is 105 Å². The maximum atomic E-state index is 10.7. The molecule has 0 aliphatic heterocycles. The Morgan fingerprint density at radius 2 is 1.67 bits per heavy atom. The number of rotatable bonds is 2. The summed E-state index contributed by atoms with van der Waals surface area (Å²) < 4.78 is 0. The van der Waals surface area contributed by atoms with E-state index >= 15 is 0 Å². The molecule has 1 heteroatoms. The molecule has 152 valence electrons.